The van der Waals surface area contributed by atoms with Gasteiger partial charge in [-0.05, 0) is 30.6 Å². The number of thiol groups is 1. The minimum atomic E-state index is 1.26. The van der Waals surface area contributed by atoms with Crippen LogP contribution in [0.25, 0.3) is 0 Å². The van der Waals surface area contributed by atoms with Crippen LogP contribution in [0.15, 0.2) is 11.0 Å². The van der Waals surface area contributed by atoms with Crippen LogP contribution in [0.2, 0.25) is 0 Å². The summed E-state index contributed by atoms with van der Waals surface area (Å²) in [7, 11) is 1.62. The van der Waals surface area contributed by atoms with Gasteiger partial charge in [0.2, 0.25) is 0 Å². The first-order valence-electron chi connectivity index (χ1n) is 3.94. The van der Waals surface area contributed by atoms with E-state index in [-0.39, 0.29) is 0 Å². The van der Waals surface area contributed by atoms with Gasteiger partial charge in [-0.1, -0.05) is 29.7 Å². The predicted octanol–water partition coefficient (Wildman–Crippen LogP) is 3.80. The number of rotatable bonds is 1. The highest BCUT2D eigenvalue weighted by molar-refractivity contribution is 8.70. The molecule has 1 aliphatic rings. The molecule has 0 aliphatic heterocycles. The Labute approximate surface area is 72.3 Å². The van der Waals surface area contributed by atoms with Gasteiger partial charge >= 0.3 is 0 Å². The number of hydrogen-bond donors (Lipinski definition) is 1. The van der Waals surface area contributed by atoms with Crippen molar-refractivity contribution in [2.45, 2.75) is 38.5 Å². The molecule has 0 aromatic rings. The number of hydrogen-bond acceptors (Lipinski definition) is 2. The van der Waals surface area contributed by atoms with Gasteiger partial charge in [0.15, 0.2) is 0 Å². The Morgan fingerprint density at radius 1 is 1.20 bits per heavy atom. The van der Waals surface area contributed by atoms with Gasteiger partial charge in [-0.25, -0.2) is 0 Å². The SMILES string of the molecule is SSC1=CCCCCCC1. The molecule has 2 heteroatoms. The smallest absolute Gasteiger partial charge is 0.00843 e. The van der Waals surface area contributed by atoms with Gasteiger partial charge in [-0.15, -0.1) is 11.7 Å². The zero-order valence-corrected chi connectivity index (χ0v) is 7.89. The predicted molar refractivity (Wildman–Crippen MR) is 52.4 cm³/mol. The monoisotopic (exact) mass is 174 g/mol. The van der Waals surface area contributed by atoms with E-state index < -0.39 is 0 Å². The largest absolute Gasteiger partial charge is 0.106 e. The van der Waals surface area contributed by atoms with Crippen molar-refractivity contribution in [2.24, 2.45) is 0 Å². The summed E-state index contributed by atoms with van der Waals surface area (Å²) in [6, 6.07) is 0. The molecule has 10 heavy (non-hydrogen) atoms. The molecule has 58 valence electrons. The maximum absolute atomic E-state index is 4.19. The standard InChI is InChI=1S/C8H14S2/c9-10-8-6-4-2-1-3-5-7-8/h6,9H,1-5,7H2. The van der Waals surface area contributed by atoms with Crippen molar-refractivity contribution >= 4 is 22.5 Å². The highest BCUT2D eigenvalue weighted by atomic mass is 33.1. The van der Waals surface area contributed by atoms with E-state index in [2.05, 4.69) is 17.7 Å². The zero-order valence-electron chi connectivity index (χ0n) is 6.18. The lowest BCUT2D eigenvalue weighted by Gasteiger charge is -2.07. The minimum Gasteiger partial charge on any atom is -0.106 e. The molecule has 0 fully saturated rings. The first-order valence-corrected chi connectivity index (χ1v) is 5.81. The summed E-state index contributed by atoms with van der Waals surface area (Å²) in [5.74, 6) is 0. The molecule has 1 aliphatic carbocycles. The van der Waals surface area contributed by atoms with Gasteiger partial charge in [0, 0.05) is 0 Å². The van der Waals surface area contributed by atoms with Crippen molar-refractivity contribution in [2.75, 3.05) is 0 Å². The molecule has 0 saturated carbocycles. The number of allylic oxidation sites excluding steroid dienone is 2. The molecule has 0 nitrogen and oxygen atoms in total. The van der Waals surface area contributed by atoms with Crippen molar-refractivity contribution in [3.8, 4) is 0 Å². The Kier molecular flexibility index (Phi) is 4.39. The molecule has 0 unspecified atom stereocenters. The van der Waals surface area contributed by atoms with E-state index >= 15 is 0 Å². The van der Waals surface area contributed by atoms with Crippen molar-refractivity contribution < 1.29 is 0 Å². The van der Waals surface area contributed by atoms with Crippen LogP contribution in [-0.4, -0.2) is 0 Å². The lowest BCUT2D eigenvalue weighted by atomic mass is 10.1. The molecule has 0 aromatic carbocycles. The van der Waals surface area contributed by atoms with Crippen molar-refractivity contribution in [1.82, 2.24) is 0 Å². The third kappa shape index (κ3) is 3.02. The Morgan fingerprint density at radius 3 is 2.80 bits per heavy atom. The second-order valence-corrected chi connectivity index (χ2v) is 3.97. The Balaban J connectivity index is 2.35. The summed E-state index contributed by atoms with van der Waals surface area (Å²) in [6.07, 6.45) is 10.4. The summed E-state index contributed by atoms with van der Waals surface area (Å²) < 4.78 is 0. The summed E-state index contributed by atoms with van der Waals surface area (Å²) >= 11 is 4.19. The third-order valence-corrected chi connectivity index (χ3v) is 3.18. The Bertz CT molecular complexity index is 118. The van der Waals surface area contributed by atoms with E-state index in [4.69, 9.17) is 0 Å². The quantitative estimate of drug-likeness (QED) is 0.466. The molecule has 0 N–H and O–H groups in total. The molecule has 0 aromatic heterocycles. The Hall–Kier alpha value is 0.440. The van der Waals surface area contributed by atoms with Crippen LogP contribution in [0.1, 0.15) is 38.5 Å². The minimum absolute atomic E-state index is 1.26. The molecule has 0 heterocycles. The van der Waals surface area contributed by atoms with Crippen LogP contribution < -0.4 is 0 Å². The van der Waals surface area contributed by atoms with E-state index in [1.54, 1.807) is 10.8 Å². The van der Waals surface area contributed by atoms with Crippen LogP contribution in [0.3, 0.4) is 0 Å². The van der Waals surface area contributed by atoms with Gasteiger partial charge in [0.25, 0.3) is 0 Å². The van der Waals surface area contributed by atoms with Crippen molar-refractivity contribution in [3.63, 3.8) is 0 Å². The molecular weight excluding hydrogens is 160 g/mol. The fourth-order valence-electron chi connectivity index (χ4n) is 1.25. The van der Waals surface area contributed by atoms with Crippen LogP contribution in [0.5, 0.6) is 0 Å². The normalized spacial score (nSPS) is 21.1. The van der Waals surface area contributed by atoms with Gasteiger partial charge in [0.1, 0.15) is 0 Å². The highest BCUT2D eigenvalue weighted by Crippen LogP contribution is 2.27. The molecule has 0 atom stereocenters. The second-order valence-electron chi connectivity index (χ2n) is 2.71. The topological polar surface area (TPSA) is 0 Å². The first-order chi connectivity index (χ1) is 4.93. The summed E-state index contributed by atoms with van der Waals surface area (Å²) in [5, 5.41) is 0. The van der Waals surface area contributed by atoms with Crippen LogP contribution >= 0.6 is 22.5 Å². The maximum Gasteiger partial charge on any atom is -0.00843 e. The van der Waals surface area contributed by atoms with E-state index in [1.165, 1.54) is 43.4 Å². The van der Waals surface area contributed by atoms with Crippen LogP contribution in [0, 0.1) is 0 Å². The summed E-state index contributed by atoms with van der Waals surface area (Å²) in [6.45, 7) is 0. The zero-order chi connectivity index (χ0) is 7.23. The molecule has 0 radical (unpaired) electrons. The second kappa shape index (κ2) is 5.14. The van der Waals surface area contributed by atoms with Crippen LogP contribution in [-0.2, 0) is 0 Å². The van der Waals surface area contributed by atoms with Crippen molar-refractivity contribution in [3.05, 3.63) is 11.0 Å². The molecule has 0 bridgehead atoms. The van der Waals surface area contributed by atoms with E-state index in [1.807, 2.05) is 0 Å². The molecule has 0 saturated heterocycles. The average Bonchev–Trinajstić information content (AvgIpc) is 1.87. The van der Waals surface area contributed by atoms with Gasteiger partial charge < -0.3 is 0 Å². The Morgan fingerprint density at radius 2 is 2.00 bits per heavy atom. The molecule has 0 amide bonds. The first kappa shape index (κ1) is 8.54. The molecular formula is C8H14S2. The molecule has 1 rings (SSSR count). The average molecular weight is 174 g/mol. The maximum atomic E-state index is 4.19. The summed E-state index contributed by atoms with van der Waals surface area (Å²) in [4.78, 5) is 1.48. The van der Waals surface area contributed by atoms with Gasteiger partial charge in [-0.3, -0.25) is 0 Å². The van der Waals surface area contributed by atoms with E-state index in [9.17, 15) is 0 Å². The van der Waals surface area contributed by atoms with Crippen molar-refractivity contribution in [1.29, 1.82) is 0 Å². The third-order valence-electron chi connectivity index (χ3n) is 1.87. The highest BCUT2D eigenvalue weighted by Gasteiger charge is 1.99. The molecule has 0 spiro atoms. The van der Waals surface area contributed by atoms with Gasteiger partial charge in [-0.2, -0.15) is 0 Å². The van der Waals surface area contributed by atoms with Crippen LogP contribution in [0.4, 0.5) is 0 Å². The van der Waals surface area contributed by atoms with E-state index in [0.29, 0.717) is 0 Å². The lowest BCUT2D eigenvalue weighted by molar-refractivity contribution is 0.635. The fourth-order valence-corrected chi connectivity index (χ4v) is 2.17. The lowest BCUT2D eigenvalue weighted by Crippen LogP contribution is -1.85. The van der Waals surface area contributed by atoms with E-state index in [0.717, 1.165) is 0 Å². The van der Waals surface area contributed by atoms with Gasteiger partial charge in [0.05, 0.1) is 0 Å². The fraction of sp³-hybridized carbons (Fsp3) is 0.750. The summed E-state index contributed by atoms with van der Waals surface area (Å²) in [5.41, 5.74) is 0.